The minimum Gasteiger partial charge on any atom is -0.420 e. The summed E-state index contributed by atoms with van der Waals surface area (Å²) in [6.07, 6.45) is 0. The van der Waals surface area contributed by atoms with Crippen LogP contribution in [0.25, 0.3) is 17.1 Å². The highest BCUT2D eigenvalue weighted by Gasteiger charge is 2.15. The summed E-state index contributed by atoms with van der Waals surface area (Å²) in [5.74, 6) is 1.42. The van der Waals surface area contributed by atoms with E-state index in [0.29, 0.717) is 27.7 Å². The molecule has 0 fully saturated rings. The molecule has 0 amide bonds. The van der Waals surface area contributed by atoms with E-state index in [2.05, 4.69) is 25.7 Å². The summed E-state index contributed by atoms with van der Waals surface area (Å²) >= 11 is 7.35. The van der Waals surface area contributed by atoms with Gasteiger partial charge in [-0.1, -0.05) is 41.6 Å². The second-order valence-electron chi connectivity index (χ2n) is 5.91. The molecular formula is C18H15ClN6OS. The second kappa shape index (κ2) is 7.50. The van der Waals surface area contributed by atoms with Crippen LogP contribution in [0.2, 0.25) is 5.02 Å². The minimum absolute atomic E-state index is 0.455. The zero-order valence-electron chi connectivity index (χ0n) is 14.6. The van der Waals surface area contributed by atoms with E-state index < -0.39 is 0 Å². The normalized spacial score (nSPS) is 11.1. The molecule has 0 saturated heterocycles. The Labute approximate surface area is 164 Å². The van der Waals surface area contributed by atoms with Crippen molar-refractivity contribution >= 4 is 23.4 Å². The molecule has 0 bridgehead atoms. The molecule has 4 aromatic rings. The fourth-order valence-electron chi connectivity index (χ4n) is 2.70. The zero-order valence-corrected chi connectivity index (χ0v) is 16.2. The van der Waals surface area contributed by atoms with Crippen molar-refractivity contribution in [1.82, 2.24) is 30.4 Å². The maximum absolute atomic E-state index is 5.91. The lowest BCUT2D eigenvalue weighted by Gasteiger charge is -2.09. The lowest BCUT2D eigenvalue weighted by atomic mass is 10.1. The summed E-state index contributed by atoms with van der Waals surface area (Å²) in [6, 6.07) is 13.3. The Kier molecular flexibility index (Phi) is 4.91. The van der Waals surface area contributed by atoms with Crippen molar-refractivity contribution < 1.29 is 4.42 Å². The molecular weight excluding hydrogens is 384 g/mol. The summed E-state index contributed by atoms with van der Waals surface area (Å²) in [5, 5.41) is 21.6. The van der Waals surface area contributed by atoms with Gasteiger partial charge in [-0.2, -0.15) is 4.68 Å². The van der Waals surface area contributed by atoms with Gasteiger partial charge < -0.3 is 4.42 Å². The van der Waals surface area contributed by atoms with Gasteiger partial charge in [0.25, 0.3) is 0 Å². The molecule has 0 aliphatic rings. The minimum atomic E-state index is 0.455. The number of hydrogen-bond acceptors (Lipinski definition) is 7. The molecule has 2 aromatic heterocycles. The van der Waals surface area contributed by atoms with Gasteiger partial charge in [-0.3, -0.25) is 0 Å². The maximum Gasteiger partial charge on any atom is 0.247 e. The van der Waals surface area contributed by atoms with Gasteiger partial charge >= 0.3 is 0 Å². The molecule has 27 heavy (non-hydrogen) atoms. The number of benzene rings is 2. The standard InChI is InChI=1S/C18H15ClN6OS/c1-11-4-3-5-12(2)16(11)25-18(22-23-24-25)27-10-15-20-21-17(26-15)13-6-8-14(19)9-7-13/h3-9H,10H2,1-2H3. The quantitative estimate of drug-likeness (QED) is 0.464. The Hall–Kier alpha value is -2.71. The topological polar surface area (TPSA) is 82.5 Å². The molecule has 0 aliphatic heterocycles. The van der Waals surface area contributed by atoms with E-state index >= 15 is 0 Å². The average Bonchev–Trinajstić information content (AvgIpc) is 3.30. The Morgan fingerprint density at radius 1 is 1.00 bits per heavy atom. The number of hydrogen-bond donors (Lipinski definition) is 0. The van der Waals surface area contributed by atoms with E-state index in [0.717, 1.165) is 22.4 Å². The third-order valence-electron chi connectivity index (χ3n) is 3.97. The zero-order chi connectivity index (χ0) is 18.8. The van der Waals surface area contributed by atoms with Crippen LogP contribution in [0.15, 0.2) is 52.0 Å². The molecule has 2 aromatic carbocycles. The Morgan fingerprint density at radius 3 is 2.48 bits per heavy atom. The van der Waals surface area contributed by atoms with Gasteiger partial charge in [0.05, 0.1) is 11.4 Å². The number of halogens is 1. The molecule has 4 rings (SSSR count). The molecule has 0 unspecified atom stereocenters. The average molecular weight is 399 g/mol. The first-order valence-electron chi connectivity index (χ1n) is 8.18. The van der Waals surface area contributed by atoms with E-state index in [-0.39, 0.29) is 0 Å². The first-order chi connectivity index (χ1) is 13.1. The van der Waals surface area contributed by atoms with Crippen molar-refractivity contribution in [2.45, 2.75) is 24.8 Å². The highest BCUT2D eigenvalue weighted by atomic mass is 35.5. The van der Waals surface area contributed by atoms with Crippen LogP contribution in [0, 0.1) is 13.8 Å². The molecule has 0 N–H and O–H groups in total. The van der Waals surface area contributed by atoms with Crippen molar-refractivity contribution in [2.24, 2.45) is 0 Å². The molecule has 0 spiro atoms. The third kappa shape index (κ3) is 3.72. The van der Waals surface area contributed by atoms with E-state index in [4.69, 9.17) is 16.0 Å². The molecule has 0 saturated carbocycles. The van der Waals surface area contributed by atoms with Gasteiger partial charge in [0, 0.05) is 10.6 Å². The first kappa shape index (κ1) is 17.7. The molecule has 0 atom stereocenters. The highest BCUT2D eigenvalue weighted by Crippen LogP contribution is 2.27. The Bertz CT molecular complexity index is 1060. The van der Waals surface area contributed by atoms with E-state index in [1.807, 2.05) is 44.2 Å². The number of para-hydroxylation sites is 1. The second-order valence-corrected chi connectivity index (χ2v) is 7.29. The fraction of sp³-hybridized carbons (Fsp3) is 0.167. The predicted octanol–water partition coefficient (Wildman–Crippen LogP) is 4.27. The summed E-state index contributed by atoms with van der Waals surface area (Å²) < 4.78 is 7.48. The van der Waals surface area contributed by atoms with Gasteiger partial charge in [0.2, 0.25) is 16.9 Å². The smallest absolute Gasteiger partial charge is 0.247 e. The SMILES string of the molecule is Cc1cccc(C)c1-n1nnnc1SCc1nnc(-c2ccc(Cl)cc2)o1. The van der Waals surface area contributed by atoms with Crippen LogP contribution in [0.1, 0.15) is 17.0 Å². The van der Waals surface area contributed by atoms with Crippen molar-refractivity contribution in [3.8, 4) is 17.1 Å². The largest absolute Gasteiger partial charge is 0.420 e. The molecule has 0 radical (unpaired) electrons. The monoisotopic (exact) mass is 398 g/mol. The number of thioether (sulfide) groups is 1. The first-order valence-corrected chi connectivity index (χ1v) is 9.54. The van der Waals surface area contributed by atoms with Gasteiger partial charge in [-0.25, -0.2) is 0 Å². The summed E-state index contributed by atoms with van der Waals surface area (Å²) in [6.45, 7) is 4.07. The number of tetrazole rings is 1. The van der Waals surface area contributed by atoms with Crippen molar-refractivity contribution in [2.75, 3.05) is 0 Å². The van der Waals surface area contributed by atoms with Crippen molar-refractivity contribution in [3.63, 3.8) is 0 Å². The molecule has 7 nitrogen and oxygen atoms in total. The van der Waals surface area contributed by atoms with Crippen molar-refractivity contribution in [1.29, 1.82) is 0 Å². The van der Waals surface area contributed by atoms with Crippen LogP contribution in [-0.2, 0) is 5.75 Å². The molecule has 0 aliphatic carbocycles. The van der Waals surface area contributed by atoms with E-state index in [9.17, 15) is 0 Å². The summed E-state index contributed by atoms with van der Waals surface area (Å²) in [5.41, 5.74) is 4.01. The lowest BCUT2D eigenvalue weighted by molar-refractivity contribution is 0.528. The van der Waals surface area contributed by atoms with E-state index in [1.165, 1.54) is 11.8 Å². The Morgan fingerprint density at radius 2 is 1.74 bits per heavy atom. The molecule has 136 valence electrons. The van der Waals surface area contributed by atoms with Crippen LogP contribution >= 0.6 is 23.4 Å². The van der Waals surface area contributed by atoms with Crippen LogP contribution in [0.3, 0.4) is 0 Å². The van der Waals surface area contributed by atoms with Crippen molar-refractivity contribution in [3.05, 3.63) is 64.5 Å². The van der Waals surface area contributed by atoms with Gasteiger partial charge in [-0.05, 0) is 59.7 Å². The summed E-state index contributed by atoms with van der Waals surface area (Å²) in [7, 11) is 0. The van der Waals surface area contributed by atoms with Gasteiger partial charge in [-0.15, -0.1) is 15.3 Å². The van der Waals surface area contributed by atoms with Gasteiger partial charge in [0.1, 0.15) is 0 Å². The Balaban J connectivity index is 1.52. The third-order valence-corrected chi connectivity index (χ3v) is 5.13. The van der Waals surface area contributed by atoms with E-state index in [1.54, 1.807) is 16.8 Å². The number of nitrogens with zero attached hydrogens (tertiary/aromatic N) is 6. The predicted molar refractivity (Wildman–Crippen MR) is 103 cm³/mol. The summed E-state index contributed by atoms with van der Waals surface area (Å²) in [4.78, 5) is 0. The molecule has 2 heterocycles. The lowest BCUT2D eigenvalue weighted by Crippen LogP contribution is -2.04. The highest BCUT2D eigenvalue weighted by molar-refractivity contribution is 7.98. The van der Waals surface area contributed by atoms with Crippen LogP contribution < -0.4 is 0 Å². The van der Waals surface area contributed by atoms with Gasteiger partial charge in [0.15, 0.2) is 0 Å². The van der Waals surface area contributed by atoms with Crippen LogP contribution in [0.4, 0.5) is 0 Å². The fourth-order valence-corrected chi connectivity index (χ4v) is 3.54. The number of rotatable bonds is 5. The van der Waals surface area contributed by atoms with Crippen LogP contribution in [0.5, 0.6) is 0 Å². The number of aryl methyl sites for hydroxylation is 2. The van der Waals surface area contributed by atoms with Crippen LogP contribution in [-0.4, -0.2) is 30.4 Å². The maximum atomic E-state index is 5.91. The number of aromatic nitrogens is 6. The molecule has 9 heteroatoms.